The van der Waals surface area contributed by atoms with E-state index in [0.717, 1.165) is 41.1 Å². The second-order valence-electron chi connectivity index (χ2n) is 8.56. The van der Waals surface area contributed by atoms with Crippen molar-refractivity contribution in [3.63, 3.8) is 0 Å². The standard InChI is InChI=1S/C22H26N4OS/c1-22(2,3)14-5-7-15(8-6-14)24-20(27)19-18(23)16-11-13-12-26(4)10-9-17(13)25-21(16)28-19/h5-8,11H,9-10,12,23H2,1-4H3,(H,24,27). The first-order valence-corrected chi connectivity index (χ1v) is 10.4. The number of aromatic nitrogens is 1. The molecule has 0 aliphatic carbocycles. The molecular weight excluding hydrogens is 368 g/mol. The summed E-state index contributed by atoms with van der Waals surface area (Å²) in [6.45, 7) is 8.38. The van der Waals surface area contributed by atoms with Crippen molar-refractivity contribution in [2.24, 2.45) is 0 Å². The number of nitrogen functional groups attached to an aromatic ring is 1. The summed E-state index contributed by atoms with van der Waals surface area (Å²) in [4.78, 5) is 21.3. The number of nitrogens with zero attached hydrogens (tertiary/aromatic N) is 2. The lowest BCUT2D eigenvalue weighted by Crippen LogP contribution is -2.27. The quantitative estimate of drug-likeness (QED) is 0.675. The van der Waals surface area contributed by atoms with E-state index in [-0.39, 0.29) is 11.3 Å². The minimum atomic E-state index is -0.181. The highest BCUT2D eigenvalue weighted by molar-refractivity contribution is 7.21. The average Bonchev–Trinajstić information content (AvgIpc) is 2.96. The molecule has 0 fully saturated rings. The van der Waals surface area contributed by atoms with Gasteiger partial charge in [-0.15, -0.1) is 11.3 Å². The number of amides is 1. The van der Waals surface area contributed by atoms with E-state index in [2.05, 4.69) is 56.2 Å². The highest BCUT2D eigenvalue weighted by Crippen LogP contribution is 2.35. The zero-order valence-corrected chi connectivity index (χ0v) is 17.6. The Morgan fingerprint density at radius 2 is 1.96 bits per heavy atom. The van der Waals surface area contributed by atoms with Crippen LogP contribution in [0, 0.1) is 0 Å². The lowest BCUT2D eigenvalue weighted by atomic mass is 9.87. The van der Waals surface area contributed by atoms with Crippen molar-refractivity contribution in [1.29, 1.82) is 0 Å². The summed E-state index contributed by atoms with van der Waals surface area (Å²) in [7, 11) is 2.11. The molecule has 0 saturated carbocycles. The molecule has 0 radical (unpaired) electrons. The van der Waals surface area contributed by atoms with Gasteiger partial charge in [-0.1, -0.05) is 32.9 Å². The van der Waals surface area contributed by atoms with Crippen molar-refractivity contribution in [1.82, 2.24) is 9.88 Å². The van der Waals surface area contributed by atoms with Crippen molar-refractivity contribution < 1.29 is 4.79 Å². The van der Waals surface area contributed by atoms with Gasteiger partial charge in [-0.2, -0.15) is 0 Å². The number of likely N-dealkylation sites (N-methyl/N-ethyl adjacent to an activating group) is 1. The van der Waals surface area contributed by atoms with Gasteiger partial charge in [0.1, 0.15) is 9.71 Å². The third-order valence-corrected chi connectivity index (χ3v) is 6.39. The molecule has 4 rings (SSSR count). The van der Waals surface area contributed by atoms with Gasteiger partial charge in [-0.05, 0) is 41.8 Å². The molecule has 6 heteroatoms. The molecule has 2 aromatic heterocycles. The Labute approximate surface area is 169 Å². The van der Waals surface area contributed by atoms with Gasteiger partial charge in [0.25, 0.3) is 5.91 Å². The molecule has 3 N–H and O–H groups in total. The first-order valence-electron chi connectivity index (χ1n) is 9.53. The molecule has 1 aliphatic heterocycles. The van der Waals surface area contributed by atoms with E-state index in [0.29, 0.717) is 10.6 Å². The first-order chi connectivity index (χ1) is 13.2. The van der Waals surface area contributed by atoms with E-state index in [9.17, 15) is 4.79 Å². The molecule has 0 bridgehead atoms. The Kier molecular flexibility index (Phi) is 4.63. The summed E-state index contributed by atoms with van der Waals surface area (Å²) in [5.41, 5.74) is 11.3. The number of benzene rings is 1. The van der Waals surface area contributed by atoms with E-state index < -0.39 is 0 Å². The van der Waals surface area contributed by atoms with Crippen LogP contribution in [-0.4, -0.2) is 29.4 Å². The van der Waals surface area contributed by atoms with Crippen molar-refractivity contribution in [3.05, 3.63) is 52.0 Å². The van der Waals surface area contributed by atoms with Crippen molar-refractivity contribution >= 4 is 38.8 Å². The van der Waals surface area contributed by atoms with Gasteiger partial charge in [0.2, 0.25) is 0 Å². The van der Waals surface area contributed by atoms with Crippen LogP contribution in [0.15, 0.2) is 30.3 Å². The van der Waals surface area contributed by atoms with Crippen LogP contribution < -0.4 is 11.1 Å². The second-order valence-corrected chi connectivity index (χ2v) is 9.56. The zero-order valence-electron chi connectivity index (χ0n) is 16.8. The van der Waals surface area contributed by atoms with Crippen LogP contribution in [0.3, 0.4) is 0 Å². The molecule has 5 nitrogen and oxygen atoms in total. The van der Waals surface area contributed by atoms with Crippen LogP contribution in [0.4, 0.5) is 11.4 Å². The molecule has 0 unspecified atom stereocenters. The van der Waals surface area contributed by atoms with E-state index in [1.165, 1.54) is 22.5 Å². The van der Waals surface area contributed by atoms with Crippen LogP contribution in [0.5, 0.6) is 0 Å². The number of carbonyl (C=O) groups is 1. The second kappa shape index (κ2) is 6.87. The fourth-order valence-corrected chi connectivity index (χ4v) is 4.54. The molecule has 1 aliphatic rings. The highest BCUT2D eigenvalue weighted by atomic mass is 32.1. The number of rotatable bonds is 2. The van der Waals surface area contributed by atoms with Gasteiger partial charge < -0.3 is 16.0 Å². The number of anilines is 2. The fourth-order valence-electron chi connectivity index (χ4n) is 3.55. The summed E-state index contributed by atoms with van der Waals surface area (Å²) in [5.74, 6) is -0.181. The molecule has 0 spiro atoms. The monoisotopic (exact) mass is 394 g/mol. The van der Waals surface area contributed by atoms with Crippen LogP contribution in [0.1, 0.15) is 47.3 Å². The first kappa shape index (κ1) is 18.9. The van der Waals surface area contributed by atoms with Crippen molar-refractivity contribution in [2.75, 3.05) is 24.6 Å². The maximum atomic E-state index is 12.8. The smallest absolute Gasteiger partial charge is 0.267 e. The maximum absolute atomic E-state index is 12.8. The third-order valence-electron chi connectivity index (χ3n) is 5.28. The molecule has 3 aromatic rings. The molecule has 146 valence electrons. The minimum absolute atomic E-state index is 0.0806. The SMILES string of the molecule is CN1CCc2nc3sc(C(=O)Nc4ccc(C(C)(C)C)cc4)c(N)c3cc2C1. The molecule has 0 saturated heterocycles. The van der Waals surface area contributed by atoms with E-state index in [1.807, 2.05) is 12.1 Å². The number of fused-ring (bicyclic) bond motifs is 2. The Hall–Kier alpha value is -2.44. The van der Waals surface area contributed by atoms with Gasteiger partial charge >= 0.3 is 0 Å². The van der Waals surface area contributed by atoms with Gasteiger partial charge in [-0.25, -0.2) is 4.98 Å². The van der Waals surface area contributed by atoms with Gasteiger partial charge in [-0.3, -0.25) is 4.79 Å². The van der Waals surface area contributed by atoms with Gasteiger partial charge in [0, 0.05) is 36.3 Å². The molecule has 3 heterocycles. The minimum Gasteiger partial charge on any atom is -0.397 e. The number of thiophene rings is 1. The predicted octanol–water partition coefficient (Wildman–Crippen LogP) is 4.42. The summed E-state index contributed by atoms with van der Waals surface area (Å²) >= 11 is 1.37. The number of carbonyl (C=O) groups excluding carboxylic acids is 1. The Bertz CT molecular complexity index is 1050. The molecule has 1 aromatic carbocycles. The molecule has 0 atom stereocenters. The molecule has 1 amide bonds. The van der Waals surface area contributed by atoms with E-state index >= 15 is 0 Å². The lowest BCUT2D eigenvalue weighted by molar-refractivity contribution is 0.103. The number of pyridine rings is 1. The lowest BCUT2D eigenvalue weighted by Gasteiger charge is -2.24. The van der Waals surface area contributed by atoms with Gasteiger partial charge in [0.05, 0.1) is 5.69 Å². The number of nitrogens with two attached hydrogens (primary N) is 1. The third kappa shape index (κ3) is 3.50. The fraction of sp³-hybridized carbons (Fsp3) is 0.364. The molecule has 28 heavy (non-hydrogen) atoms. The average molecular weight is 395 g/mol. The van der Waals surface area contributed by atoms with E-state index in [4.69, 9.17) is 10.7 Å². The van der Waals surface area contributed by atoms with Gasteiger partial charge in [0.15, 0.2) is 0 Å². The Balaban J connectivity index is 1.61. The largest absolute Gasteiger partial charge is 0.397 e. The number of hydrogen-bond acceptors (Lipinski definition) is 5. The summed E-state index contributed by atoms with van der Waals surface area (Å²) in [6, 6.07) is 10.1. The van der Waals surface area contributed by atoms with Crippen molar-refractivity contribution in [2.45, 2.75) is 39.2 Å². The zero-order chi connectivity index (χ0) is 20.1. The van der Waals surface area contributed by atoms with Crippen LogP contribution in [0.2, 0.25) is 0 Å². The normalized spacial score (nSPS) is 14.9. The topological polar surface area (TPSA) is 71.2 Å². The van der Waals surface area contributed by atoms with Crippen LogP contribution in [-0.2, 0) is 18.4 Å². The Morgan fingerprint density at radius 3 is 2.64 bits per heavy atom. The van der Waals surface area contributed by atoms with Crippen molar-refractivity contribution in [3.8, 4) is 0 Å². The number of hydrogen-bond donors (Lipinski definition) is 2. The van der Waals surface area contributed by atoms with Crippen LogP contribution in [0.25, 0.3) is 10.2 Å². The van der Waals surface area contributed by atoms with E-state index in [1.54, 1.807) is 0 Å². The maximum Gasteiger partial charge on any atom is 0.267 e. The Morgan fingerprint density at radius 1 is 1.25 bits per heavy atom. The predicted molar refractivity (Wildman–Crippen MR) is 117 cm³/mol. The molecular formula is C22H26N4OS. The summed E-state index contributed by atoms with van der Waals surface area (Å²) in [5, 5.41) is 3.85. The van der Waals surface area contributed by atoms with Crippen LogP contribution >= 0.6 is 11.3 Å². The summed E-state index contributed by atoms with van der Waals surface area (Å²) < 4.78 is 0. The number of nitrogens with one attached hydrogen (secondary N) is 1. The summed E-state index contributed by atoms with van der Waals surface area (Å²) in [6.07, 6.45) is 0.932. The highest BCUT2D eigenvalue weighted by Gasteiger charge is 2.22.